The Hall–Kier alpha value is -2.67. The van der Waals surface area contributed by atoms with Crippen molar-refractivity contribution in [3.8, 4) is 0 Å². The number of amides is 1. The predicted molar refractivity (Wildman–Crippen MR) is 109 cm³/mol. The zero-order valence-corrected chi connectivity index (χ0v) is 16.1. The third-order valence-electron chi connectivity index (χ3n) is 4.84. The van der Waals surface area contributed by atoms with E-state index < -0.39 is 6.23 Å². The predicted octanol–water partition coefficient (Wildman–Crippen LogP) is 2.09. The minimum atomic E-state index is -0.799. The van der Waals surface area contributed by atoms with Crippen LogP contribution in [0.1, 0.15) is 33.5 Å². The first-order valence-corrected chi connectivity index (χ1v) is 9.53. The average Bonchev–Trinajstić information content (AvgIpc) is 3.37. The number of hydrogen-bond donors (Lipinski definition) is 3. The minimum absolute atomic E-state index is 0.0727. The Kier molecular flexibility index (Phi) is 6.81. The van der Waals surface area contributed by atoms with Gasteiger partial charge in [0.25, 0.3) is 5.91 Å². The molecule has 0 radical (unpaired) electrons. The van der Waals surface area contributed by atoms with Crippen LogP contribution in [0.4, 0.5) is 0 Å². The van der Waals surface area contributed by atoms with E-state index in [9.17, 15) is 9.90 Å². The highest BCUT2D eigenvalue weighted by Crippen LogP contribution is 2.21. The molecule has 1 atom stereocenters. The normalized spacial score (nSPS) is 17.1. The van der Waals surface area contributed by atoms with E-state index in [0.717, 1.165) is 5.56 Å². The number of nitrogens with zero attached hydrogens (tertiary/aromatic N) is 1. The molecule has 6 nitrogen and oxygen atoms in total. The van der Waals surface area contributed by atoms with Crippen LogP contribution in [0, 0.1) is 0 Å². The second-order valence-electron chi connectivity index (χ2n) is 6.91. The van der Waals surface area contributed by atoms with Gasteiger partial charge < -0.3 is 20.6 Å². The summed E-state index contributed by atoms with van der Waals surface area (Å²) < 4.78 is 0. The van der Waals surface area contributed by atoms with E-state index in [-0.39, 0.29) is 5.91 Å². The van der Waals surface area contributed by atoms with E-state index >= 15 is 0 Å². The monoisotopic (exact) mass is 381 g/mol. The van der Waals surface area contributed by atoms with Gasteiger partial charge in [0, 0.05) is 37.3 Å². The summed E-state index contributed by atoms with van der Waals surface area (Å²) in [6.07, 6.45) is 4.72. The molecule has 4 N–H and O–H groups in total. The Morgan fingerprint density at radius 2 is 1.82 bits per heavy atom. The number of nitrogens with two attached hydrogens (primary N) is 1. The first kappa shape index (κ1) is 20.1. The summed E-state index contributed by atoms with van der Waals surface area (Å²) in [5.41, 5.74) is 12.3. The first-order chi connectivity index (χ1) is 13.6. The van der Waals surface area contributed by atoms with E-state index in [1.807, 2.05) is 0 Å². The van der Waals surface area contributed by atoms with E-state index in [1.165, 1.54) is 19.3 Å². The van der Waals surface area contributed by atoms with Crippen molar-refractivity contribution in [2.45, 2.75) is 25.5 Å². The van der Waals surface area contributed by atoms with E-state index in [4.69, 9.17) is 10.6 Å². The van der Waals surface area contributed by atoms with Crippen LogP contribution in [0.5, 0.6) is 0 Å². The van der Waals surface area contributed by atoms with Gasteiger partial charge in [0.15, 0.2) is 12.0 Å². The largest absolute Gasteiger partial charge is 0.405 e. The number of carbonyl (C=O) groups is 1. The van der Waals surface area contributed by atoms with Crippen LogP contribution in [0.15, 0.2) is 54.6 Å². The molecule has 28 heavy (non-hydrogen) atoms. The quantitative estimate of drug-likeness (QED) is 0.755. The zero-order valence-electron chi connectivity index (χ0n) is 16.1. The van der Waals surface area contributed by atoms with Gasteiger partial charge in [-0.3, -0.25) is 4.79 Å². The molecule has 0 bridgehead atoms. The molecule has 4 rings (SSSR count). The number of rotatable bonds is 4. The Balaban J connectivity index is 0.000000206. The maximum absolute atomic E-state index is 12.0. The maximum atomic E-state index is 12.0. The highest BCUT2D eigenvalue weighted by atomic mass is 16.7. The second kappa shape index (κ2) is 9.50. The van der Waals surface area contributed by atoms with Gasteiger partial charge >= 0.3 is 0 Å². The van der Waals surface area contributed by atoms with Crippen molar-refractivity contribution in [2.24, 2.45) is 5.73 Å². The van der Waals surface area contributed by atoms with Gasteiger partial charge in [-0.1, -0.05) is 36.4 Å². The molecule has 1 unspecified atom stereocenters. The average molecular weight is 381 g/mol. The Morgan fingerprint density at radius 3 is 2.36 bits per heavy atom. The molecule has 0 spiro atoms. The lowest BCUT2D eigenvalue weighted by Gasteiger charge is -2.16. The number of hydrogen-bond acceptors (Lipinski definition) is 5. The van der Waals surface area contributed by atoms with Crippen LogP contribution in [0.3, 0.4) is 0 Å². The van der Waals surface area contributed by atoms with Crippen molar-refractivity contribution in [1.29, 1.82) is 0 Å². The lowest BCUT2D eigenvalue weighted by Crippen LogP contribution is -2.31. The highest BCUT2D eigenvalue weighted by molar-refractivity contribution is 5.94. The summed E-state index contributed by atoms with van der Waals surface area (Å²) in [4.78, 5) is 18.7. The third-order valence-corrected chi connectivity index (χ3v) is 4.84. The van der Waals surface area contributed by atoms with Gasteiger partial charge in [0.1, 0.15) is 0 Å². The van der Waals surface area contributed by atoms with Crippen molar-refractivity contribution in [2.75, 3.05) is 20.1 Å². The summed E-state index contributed by atoms with van der Waals surface area (Å²) in [7, 11) is 1.71. The molecule has 0 saturated heterocycles. The molecular formula is C22H27N3O3. The summed E-state index contributed by atoms with van der Waals surface area (Å²) in [6.45, 7) is 0.954. The number of likely N-dealkylation sites (N-methyl/N-ethyl adjacent to an activating group) is 1. The van der Waals surface area contributed by atoms with E-state index in [2.05, 4.69) is 29.7 Å². The van der Waals surface area contributed by atoms with Crippen molar-refractivity contribution in [3.05, 3.63) is 76.9 Å². The van der Waals surface area contributed by atoms with Gasteiger partial charge in [-0.25, -0.2) is 0 Å². The number of aryl methyl sites for hydroxylation is 2. The van der Waals surface area contributed by atoms with Gasteiger partial charge in [0.05, 0.1) is 0 Å². The van der Waals surface area contributed by atoms with Crippen molar-refractivity contribution in [3.63, 3.8) is 0 Å². The number of aliphatic hydroxyl groups excluding tert-OH is 1. The fraction of sp³-hybridized carbons (Fsp3) is 0.318. The van der Waals surface area contributed by atoms with Crippen LogP contribution in [0.25, 0.3) is 5.76 Å². The van der Waals surface area contributed by atoms with E-state index in [1.54, 1.807) is 53.4 Å². The van der Waals surface area contributed by atoms with Gasteiger partial charge in [-0.05, 0) is 42.5 Å². The number of hydroxylamine groups is 1. The molecule has 2 aromatic carbocycles. The molecule has 148 valence electrons. The van der Waals surface area contributed by atoms with Crippen LogP contribution in [-0.2, 0) is 17.7 Å². The van der Waals surface area contributed by atoms with Crippen LogP contribution < -0.4 is 11.2 Å². The molecule has 1 amide bonds. The fourth-order valence-corrected chi connectivity index (χ4v) is 3.30. The molecule has 1 aliphatic heterocycles. The van der Waals surface area contributed by atoms with Crippen molar-refractivity contribution >= 4 is 11.7 Å². The maximum Gasteiger partial charge on any atom is 0.253 e. The highest BCUT2D eigenvalue weighted by Gasteiger charge is 2.16. The van der Waals surface area contributed by atoms with Crippen LogP contribution in [-0.4, -0.2) is 42.3 Å². The number of fused-ring (bicyclic) bond motifs is 1. The lowest BCUT2D eigenvalue weighted by molar-refractivity contribution is 0.0566. The van der Waals surface area contributed by atoms with Crippen molar-refractivity contribution < 1.29 is 14.7 Å². The first-order valence-electron chi connectivity index (χ1n) is 9.53. The summed E-state index contributed by atoms with van der Waals surface area (Å²) in [6, 6.07) is 15.7. The van der Waals surface area contributed by atoms with Crippen LogP contribution >= 0.6 is 0 Å². The van der Waals surface area contributed by atoms with Gasteiger partial charge in [0.2, 0.25) is 0 Å². The third kappa shape index (κ3) is 4.98. The molecule has 0 aromatic heterocycles. The summed E-state index contributed by atoms with van der Waals surface area (Å²) in [5, 5.41) is 9.25. The zero-order chi connectivity index (χ0) is 19.9. The standard InChI is InChI=1S/C13H17N3O3.C9H10/c1-16(7-6-14)13(18)10-4-2-9(3-5-10)11-8-12(17)15-19-11;1-2-5-9-7-3-6-8(9)4-1/h2-5,8,12,15,17H,6-7,14H2,1H3;1-2,4-5H,3,6-7H2. The molecule has 0 fully saturated rings. The topological polar surface area (TPSA) is 87.8 Å². The smallest absolute Gasteiger partial charge is 0.253 e. The Bertz CT molecular complexity index is 810. The minimum Gasteiger partial charge on any atom is -0.405 e. The van der Waals surface area contributed by atoms with E-state index in [0.29, 0.717) is 24.4 Å². The Morgan fingerprint density at radius 1 is 1.18 bits per heavy atom. The molecular weight excluding hydrogens is 354 g/mol. The summed E-state index contributed by atoms with van der Waals surface area (Å²) >= 11 is 0. The lowest BCUT2D eigenvalue weighted by atomic mass is 10.1. The number of carbonyl (C=O) groups excluding carboxylic acids is 1. The summed E-state index contributed by atoms with van der Waals surface area (Å²) in [5.74, 6) is 0.471. The van der Waals surface area contributed by atoms with Crippen molar-refractivity contribution in [1.82, 2.24) is 10.4 Å². The molecule has 2 aromatic rings. The second-order valence-corrected chi connectivity index (χ2v) is 6.91. The number of benzene rings is 2. The number of nitrogens with one attached hydrogen (secondary N) is 1. The van der Waals surface area contributed by atoms with Crippen LogP contribution in [0.2, 0.25) is 0 Å². The Labute approximate surface area is 165 Å². The molecule has 1 aliphatic carbocycles. The number of aliphatic hydroxyl groups is 1. The van der Waals surface area contributed by atoms with Gasteiger partial charge in [-0.15, -0.1) is 5.48 Å². The van der Waals surface area contributed by atoms with Gasteiger partial charge in [-0.2, -0.15) is 0 Å². The SMILES string of the molecule is CN(CCN)C(=O)c1ccc(C2=CC(O)NO2)cc1.c1ccc2c(c1)CCC2. The molecule has 2 aliphatic rings. The fourth-order valence-electron chi connectivity index (χ4n) is 3.30. The molecule has 6 heteroatoms. The molecule has 1 heterocycles. The molecule has 0 saturated carbocycles.